The zero-order chi connectivity index (χ0) is 58.5. The van der Waals surface area contributed by atoms with Gasteiger partial charge < -0.3 is 14.4 Å². The Labute approximate surface area is 498 Å². The van der Waals surface area contributed by atoms with Gasteiger partial charge in [0.1, 0.15) is 47.1 Å². The first kappa shape index (κ1) is 49.6. The highest BCUT2D eigenvalue weighted by Crippen LogP contribution is 2.47. The van der Waals surface area contributed by atoms with Crippen molar-refractivity contribution < 1.29 is 28.8 Å². The van der Waals surface area contributed by atoms with E-state index in [-0.39, 0.29) is 16.6 Å². The molecule has 15 aromatic carbocycles. The molecule has 18 heteroatoms. The van der Waals surface area contributed by atoms with Crippen molar-refractivity contribution in [2.75, 3.05) is 0 Å². The van der Waals surface area contributed by atoms with Crippen molar-refractivity contribution >= 4 is 278 Å². The van der Waals surface area contributed by atoms with Crippen molar-refractivity contribution in [3.8, 4) is 0 Å². The lowest BCUT2D eigenvalue weighted by Crippen LogP contribution is -2.48. The van der Waals surface area contributed by atoms with Crippen molar-refractivity contribution in [1.82, 2.24) is 14.4 Å². The molecule has 0 atom stereocenters. The Morgan fingerprint density at radius 3 is 0.907 bits per heavy atom. The first-order chi connectivity index (χ1) is 41.6. The minimum atomic E-state index is -0.600. The van der Waals surface area contributed by atoms with Crippen molar-refractivity contribution in [1.29, 1.82) is 0 Å². The minimum Gasteiger partial charge on any atom is -0.326 e. The van der Waals surface area contributed by atoms with Crippen LogP contribution in [0.1, 0.15) is 69.1 Å². The Morgan fingerprint density at radius 2 is 0.535 bits per heavy atom. The molecule has 0 saturated carbocycles. The molecule has 0 aliphatic carbocycles. The summed E-state index contributed by atoms with van der Waals surface area (Å²) in [6.45, 7) is 1.82. The number of carbonyl (C=O) groups excluding carboxylic acids is 6. The number of carbonyl (C=O) groups is 6. The second kappa shape index (κ2) is 16.8. The third-order valence-electron chi connectivity index (χ3n) is 18.8. The largest absolute Gasteiger partial charge is 0.326 e. The number of imide groups is 3. The van der Waals surface area contributed by atoms with Gasteiger partial charge in [-0.25, -0.2) is 0 Å². The van der Waals surface area contributed by atoms with Crippen LogP contribution in [0.5, 0.6) is 0 Å². The second-order valence-electron chi connectivity index (χ2n) is 22.9. The van der Waals surface area contributed by atoms with E-state index < -0.39 is 35.4 Å². The van der Waals surface area contributed by atoms with Crippen LogP contribution in [0.4, 0.5) is 0 Å². The van der Waals surface area contributed by atoms with Crippen LogP contribution in [0.3, 0.4) is 0 Å². The van der Waals surface area contributed by atoms with E-state index in [4.69, 9.17) is 47.1 Å². The monoisotopic (exact) mass is 1080 g/mol. The summed E-state index contributed by atoms with van der Waals surface area (Å²) in [5.74, 6) is -3.46. The molecule has 3 aliphatic rings. The van der Waals surface area contributed by atoms with Crippen LogP contribution >= 0.6 is 0 Å². The van der Waals surface area contributed by atoms with Crippen molar-refractivity contribution in [3.05, 3.63) is 167 Å². The summed E-state index contributed by atoms with van der Waals surface area (Å²) in [7, 11) is 44.6. The number of rotatable bonds is 6. The maximum atomic E-state index is 15.4. The highest BCUT2D eigenvalue weighted by molar-refractivity contribution is 6.69. The van der Waals surface area contributed by atoms with Crippen molar-refractivity contribution in [3.63, 3.8) is 0 Å². The lowest BCUT2D eigenvalue weighted by atomic mass is 9.66. The van der Waals surface area contributed by atoms with E-state index in [0.29, 0.717) is 121 Å². The highest BCUT2D eigenvalue weighted by atomic mass is 16.2. The fourth-order valence-electron chi connectivity index (χ4n) is 15.3. The summed E-state index contributed by atoms with van der Waals surface area (Å²) >= 11 is 0. The summed E-state index contributed by atoms with van der Waals surface area (Å²) in [6, 6.07) is 39.9. The Morgan fingerprint density at radius 1 is 0.267 bits per heavy atom. The number of amides is 6. The van der Waals surface area contributed by atoms with Crippen LogP contribution in [-0.2, 0) is 0 Å². The molecular weight excluding hydrogens is 1050 g/mol. The summed E-state index contributed by atoms with van der Waals surface area (Å²) in [4.78, 5) is 94.1. The molecule has 377 valence electrons. The van der Waals surface area contributed by atoms with Gasteiger partial charge in [-0.15, -0.1) is 0 Å². The fourth-order valence-corrected chi connectivity index (χ4v) is 15.3. The summed E-state index contributed by atoms with van der Waals surface area (Å²) in [5, 5.41) is 16.5. The average molecular weight is 1080 g/mol. The van der Waals surface area contributed by atoms with E-state index in [2.05, 4.69) is 0 Å². The van der Waals surface area contributed by atoms with Crippen LogP contribution in [-0.4, -0.2) is 119 Å². The number of hydrogen-bond donors (Lipinski definition) is 0. The molecule has 9 nitrogen and oxygen atoms in total. The van der Waals surface area contributed by atoms with Crippen molar-refractivity contribution in [2.24, 2.45) is 0 Å². The molecule has 15 aromatic rings. The highest BCUT2D eigenvalue weighted by Gasteiger charge is 2.41. The molecule has 0 fully saturated rings. The molecule has 6 amide bonds. The Hall–Kier alpha value is -9.80. The van der Waals surface area contributed by atoms with Crippen LogP contribution in [0.25, 0.3) is 129 Å². The smallest absolute Gasteiger partial charge is 0.300 e. The number of benzene rings is 15. The van der Waals surface area contributed by atoms with E-state index >= 15 is 19.2 Å². The molecule has 0 saturated heterocycles. The topological polar surface area (TPSA) is 112 Å². The molecule has 0 unspecified atom stereocenters. The number of hydrogen-bond acceptors (Lipinski definition) is 6. The average Bonchev–Trinajstić information content (AvgIpc) is 0.759. The molecule has 18 rings (SSSR count). The van der Waals surface area contributed by atoms with Gasteiger partial charge >= 0.3 is 0 Å². The zero-order valence-corrected chi connectivity index (χ0v) is 45.4. The molecule has 86 heavy (non-hydrogen) atoms. The molecule has 15 radical (unpaired) electrons. The predicted molar refractivity (Wildman–Crippen MR) is 354 cm³/mol. The van der Waals surface area contributed by atoms with Gasteiger partial charge in [-0.2, -0.15) is 0 Å². The van der Waals surface area contributed by atoms with E-state index in [9.17, 15) is 9.59 Å². The van der Waals surface area contributed by atoms with E-state index in [1.165, 1.54) is 22.2 Å². The molecule has 3 heterocycles. The SMILES string of the molecule is [B]c1ccc2c3ccc4c5c(ccc(c6ccc([B])c1c26)c53)C(=O)N([B]c1cc([B])c2c([B])ccc3c5c([B]N6C(=O)c7ccc8c9ccc([B])c%10c([B])ccc(c%11ccc(c7c8%11)C6=O)c%109)cc6c7c(ccc(c1c23)c75)C(=O)N([B]CC)C6=O)C4=O. The normalized spacial score (nSPS) is 14.5. The van der Waals surface area contributed by atoms with Gasteiger partial charge in [0.05, 0.1) is 0 Å². The lowest BCUT2D eigenvalue weighted by molar-refractivity contribution is 0.0706. The van der Waals surface area contributed by atoms with Gasteiger partial charge in [0.15, 0.2) is 0 Å². The van der Waals surface area contributed by atoms with Crippen LogP contribution in [0.15, 0.2) is 133 Å². The Bertz CT molecular complexity index is 5720. The van der Waals surface area contributed by atoms with E-state index in [1.54, 1.807) is 54.6 Å². The predicted octanol–water partition coefficient (Wildman–Crippen LogP) is 5.34. The first-order valence-corrected chi connectivity index (χ1v) is 28.0. The number of fused-ring (bicyclic) bond motifs is 6. The van der Waals surface area contributed by atoms with Gasteiger partial charge in [-0.3, -0.25) is 28.8 Å². The Kier molecular flexibility index (Phi) is 9.67. The van der Waals surface area contributed by atoms with Gasteiger partial charge in [0.2, 0.25) is 35.4 Å². The molecule has 0 N–H and O–H groups in total. The van der Waals surface area contributed by atoms with Gasteiger partial charge in [0.25, 0.3) is 22.2 Å². The van der Waals surface area contributed by atoms with Crippen LogP contribution in [0.2, 0.25) is 6.32 Å². The third kappa shape index (κ3) is 5.92. The van der Waals surface area contributed by atoms with Gasteiger partial charge in [0, 0.05) is 49.5 Å². The third-order valence-corrected chi connectivity index (χ3v) is 18.8. The van der Waals surface area contributed by atoms with Gasteiger partial charge in [-0.1, -0.05) is 160 Å². The lowest BCUT2D eigenvalue weighted by Gasteiger charge is -2.32. The molecule has 3 aliphatic heterocycles. The molecule has 0 aromatic heterocycles. The maximum Gasteiger partial charge on any atom is 0.300 e. The second-order valence-corrected chi connectivity index (χ2v) is 22.9. The first-order valence-electron chi connectivity index (χ1n) is 28.0. The van der Waals surface area contributed by atoms with E-state index in [1.807, 2.05) is 85.8 Å². The quantitative estimate of drug-likeness (QED) is 0.0964. The van der Waals surface area contributed by atoms with Crippen molar-refractivity contribution in [2.45, 2.75) is 13.2 Å². The molecule has 0 bridgehead atoms. The fraction of sp³-hybridized carbons (Fsp3) is 0.0294. The minimum absolute atomic E-state index is 0.154. The summed E-state index contributed by atoms with van der Waals surface area (Å²) < 4.78 is 0. The van der Waals surface area contributed by atoms with E-state index in [0.717, 1.165) is 89.8 Å². The summed E-state index contributed by atoms with van der Waals surface area (Å²) in [6.07, 6.45) is 0.362. The standard InChI is InChI=1S/C68H27B9N3O6/c1-2-75-78-63(81)39-12-7-33-57-48(77-80-66(84)37-10-5-27-31-15-20-43(71)61-44(72)21-16-32(52(31)61)28-6-11-38(67(80)85)54(37)50(27)28)24-46(74)62-45(73)22-17-34(59(57)62)56-47(23-40(68(78)86)55(39)58(33)56)76-79-64(82)35-8-3-25-29-13-18-41(69)60-42(70)19-14-30(51(29)60)26-4-9-36(65(79)83)53(35)49(25)26/h3-24H,2H2,1H3. The molecule has 0 spiro atoms. The van der Waals surface area contributed by atoms with Crippen LogP contribution < -0.4 is 43.7 Å². The van der Waals surface area contributed by atoms with Gasteiger partial charge in [-0.05, 0) is 143 Å². The maximum absolute atomic E-state index is 15.4. The molecular formula is C68H27B9N3O6. The Balaban J connectivity index is 0.838. The summed E-state index contributed by atoms with van der Waals surface area (Å²) in [5.41, 5.74) is 5.02. The number of nitrogens with zero attached hydrogens (tertiary/aromatic N) is 3. The van der Waals surface area contributed by atoms with Crippen LogP contribution in [0, 0.1) is 0 Å². The zero-order valence-electron chi connectivity index (χ0n) is 45.4.